The fourth-order valence-electron chi connectivity index (χ4n) is 1.60. The number of hydrogen-bond acceptors (Lipinski definition) is 4. The number of rotatable bonds is 7. The Morgan fingerprint density at radius 1 is 1.27 bits per heavy atom. The van der Waals surface area contributed by atoms with Crippen molar-refractivity contribution < 1.29 is 29.6 Å². The lowest BCUT2D eigenvalue weighted by molar-refractivity contribution is -0.148. The van der Waals surface area contributed by atoms with Crippen LogP contribution in [0.15, 0.2) is 0 Å². The molecule has 1 atom stereocenters. The van der Waals surface area contributed by atoms with Crippen LogP contribution in [0.1, 0.15) is 32.6 Å². The third kappa shape index (κ3) is 2.66. The molecule has 1 unspecified atom stereocenters. The zero-order valence-electron chi connectivity index (χ0n) is 8.43. The molecule has 1 saturated heterocycles. The van der Waals surface area contributed by atoms with Crippen molar-refractivity contribution in [1.82, 2.24) is 0 Å². The lowest BCUT2D eigenvalue weighted by Crippen LogP contribution is -2.33. The summed E-state index contributed by atoms with van der Waals surface area (Å²) >= 11 is 0. The van der Waals surface area contributed by atoms with E-state index in [1.807, 2.05) is 6.92 Å². The summed E-state index contributed by atoms with van der Waals surface area (Å²) in [6.07, 6.45) is 1.49. The summed E-state index contributed by atoms with van der Waals surface area (Å²) in [5.41, 5.74) is 0. The van der Waals surface area contributed by atoms with E-state index in [1.54, 1.807) is 0 Å². The van der Waals surface area contributed by atoms with Crippen molar-refractivity contribution in [1.29, 1.82) is 0 Å². The highest BCUT2D eigenvalue weighted by atomic mass is 17.4. The third-order valence-electron chi connectivity index (χ3n) is 2.44. The monoisotopic (exact) mass is 218 g/mol. The molecule has 1 fully saturated rings. The zero-order chi connectivity index (χ0) is 11.5. The highest BCUT2D eigenvalue weighted by Crippen LogP contribution is 2.42. The second kappa shape index (κ2) is 4.59. The average Bonchev–Trinajstić information content (AvgIpc) is 2.92. The van der Waals surface area contributed by atoms with Crippen LogP contribution in [0.3, 0.4) is 0 Å². The molecular formula is C9H14O6. The van der Waals surface area contributed by atoms with Crippen LogP contribution in [0.2, 0.25) is 0 Å². The summed E-state index contributed by atoms with van der Waals surface area (Å²) in [4.78, 5) is 30.3. The minimum absolute atomic E-state index is 0.0770. The molecule has 0 bridgehead atoms. The van der Waals surface area contributed by atoms with Crippen LogP contribution in [-0.2, 0) is 19.4 Å². The molecule has 86 valence electrons. The van der Waals surface area contributed by atoms with Gasteiger partial charge in [0.05, 0.1) is 0 Å². The molecule has 0 saturated carbocycles. The fourth-order valence-corrected chi connectivity index (χ4v) is 1.60. The molecule has 6 nitrogen and oxygen atoms in total. The predicted octanol–water partition coefficient (Wildman–Crippen LogP) is 1.01. The van der Waals surface area contributed by atoms with Gasteiger partial charge in [-0.05, 0) is 12.8 Å². The van der Waals surface area contributed by atoms with Gasteiger partial charge in [-0.2, -0.15) is 9.78 Å². The van der Waals surface area contributed by atoms with E-state index in [0.29, 0.717) is 6.42 Å². The Bertz CT molecular complexity index is 257. The Labute approximate surface area is 86.7 Å². The maximum Gasteiger partial charge on any atom is 0.370 e. The third-order valence-corrected chi connectivity index (χ3v) is 2.44. The molecule has 1 heterocycles. The van der Waals surface area contributed by atoms with E-state index < -0.39 is 23.6 Å². The molecule has 0 spiro atoms. The Balaban J connectivity index is 2.57. The van der Waals surface area contributed by atoms with Crippen molar-refractivity contribution in [3.05, 3.63) is 0 Å². The zero-order valence-corrected chi connectivity index (χ0v) is 8.43. The molecule has 0 aliphatic carbocycles. The van der Waals surface area contributed by atoms with Gasteiger partial charge in [0.1, 0.15) is 0 Å². The highest BCUT2D eigenvalue weighted by Gasteiger charge is 2.62. The Morgan fingerprint density at radius 2 is 1.87 bits per heavy atom. The van der Waals surface area contributed by atoms with Gasteiger partial charge in [-0.15, -0.1) is 0 Å². The van der Waals surface area contributed by atoms with Crippen LogP contribution < -0.4 is 0 Å². The van der Waals surface area contributed by atoms with Gasteiger partial charge in [-0.25, -0.2) is 4.79 Å². The van der Waals surface area contributed by atoms with Crippen molar-refractivity contribution in [3.8, 4) is 0 Å². The van der Waals surface area contributed by atoms with Gasteiger partial charge in [-0.1, -0.05) is 13.3 Å². The van der Waals surface area contributed by atoms with Gasteiger partial charge in [0, 0.05) is 12.3 Å². The Morgan fingerprint density at radius 3 is 2.20 bits per heavy atom. The molecule has 0 radical (unpaired) electrons. The number of carboxylic acid groups (broad SMARTS) is 2. The van der Waals surface area contributed by atoms with Gasteiger partial charge in [0.2, 0.25) is 0 Å². The predicted molar refractivity (Wildman–Crippen MR) is 47.8 cm³/mol. The quantitative estimate of drug-likeness (QED) is 0.488. The van der Waals surface area contributed by atoms with Crippen LogP contribution in [-0.4, -0.2) is 27.9 Å². The Hall–Kier alpha value is -1.14. The van der Waals surface area contributed by atoms with Gasteiger partial charge < -0.3 is 10.2 Å². The molecule has 0 aromatic heterocycles. The topological polar surface area (TPSA) is 99.7 Å². The fraction of sp³-hybridized carbons (Fsp3) is 0.778. The van der Waals surface area contributed by atoms with Crippen LogP contribution in [0.25, 0.3) is 0 Å². The van der Waals surface area contributed by atoms with Crippen LogP contribution in [0.4, 0.5) is 0 Å². The first-order valence-corrected chi connectivity index (χ1v) is 4.85. The summed E-state index contributed by atoms with van der Waals surface area (Å²) in [7, 11) is 0. The van der Waals surface area contributed by atoms with Crippen LogP contribution >= 0.6 is 0 Å². The lowest BCUT2D eigenvalue weighted by Gasteiger charge is -2.15. The van der Waals surface area contributed by atoms with E-state index in [-0.39, 0.29) is 12.8 Å². The van der Waals surface area contributed by atoms with E-state index in [1.165, 1.54) is 0 Å². The van der Waals surface area contributed by atoms with Gasteiger partial charge in [0.25, 0.3) is 0 Å². The average molecular weight is 218 g/mol. The summed E-state index contributed by atoms with van der Waals surface area (Å²) in [5.74, 6) is -4.13. The van der Waals surface area contributed by atoms with E-state index in [0.717, 1.165) is 6.42 Å². The van der Waals surface area contributed by atoms with Crippen molar-refractivity contribution in [3.63, 3.8) is 0 Å². The molecule has 0 amide bonds. The van der Waals surface area contributed by atoms with E-state index in [2.05, 4.69) is 9.78 Å². The first-order valence-electron chi connectivity index (χ1n) is 4.85. The molecule has 1 rings (SSSR count). The van der Waals surface area contributed by atoms with Crippen molar-refractivity contribution in [2.45, 2.75) is 38.4 Å². The smallest absolute Gasteiger partial charge is 0.370 e. The van der Waals surface area contributed by atoms with Crippen LogP contribution in [0.5, 0.6) is 0 Å². The van der Waals surface area contributed by atoms with Crippen LogP contribution in [0, 0.1) is 5.92 Å². The molecule has 2 N–H and O–H groups in total. The minimum atomic E-state index is -1.59. The van der Waals surface area contributed by atoms with Crippen molar-refractivity contribution in [2.24, 2.45) is 5.92 Å². The summed E-state index contributed by atoms with van der Waals surface area (Å²) < 4.78 is 0. The normalized spacial score (nSPS) is 19.5. The Kier molecular flexibility index (Phi) is 3.65. The second-order valence-corrected chi connectivity index (χ2v) is 3.56. The maximum absolute atomic E-state index is 10.8. The first-order chi connectivity index (χ1) is 7.03. The number of carboxylic acids is 2. The van der Waals surface area contributed by atoms with Crippen molar-refractivity contribution in [2.75, 3.05) is 0 Å². The van der Waals surface area contributed by atoms with E-state index in [4.69, 9.17) is 10.2 Å². The van der Waals surface area contributed by atoms with Gasteiger partial charge >= 0.3 is 17.7 Å². The summed E-state index contributed by atoms with van der Waals surface area (Å²) in [6.45, 7) is 1.89. The standard InChI is InChI=1S/C9H14O6/c1-2-3-6(4-5-7(10)11)9(8(12)13)14-15-9/h6H,2-5H2,1H3,(H,10,11)(H,12,13). The number of carbonyl (C=O) groups is 2. The molecule has 6 heteroatoms. The minimum Gasteiger partial charge on any atom is -0.481 e. The second-order valence-electron chi connectivity index (χ2n) is 3.56. The highest BCUT2D eigenvalue weighted by molar-refractivity contribution is 5.77. The van der Waals surface area contributed by atoms with Gasteiger partial charge in [-0.3, -0.25) is 4.79 Å². The molecule has 1 aliphatic rings. The van der Waals surface area contributed by atoms with E-state index in [9.17, 15) is 9.59 Å². The SMILES string of the molecule is CCCC(CCC(=O)O)C1(C(=O)O)OO1. The largest absolute Gasteiger partial charge is 0.481 e. The summed E-state index contributed by atoms with van der Waals surface area (Å²) in [5, 5.41) is 17.4. The molecule has 0 aromatic carbocycles. The molecule has 1 aliphatic heterocycles. The molecular weight excluding hydrogens is 204 g/mol. The molecule has 15 heavy (non-hydrogen) atoms. The summed E-state index contributed by atoms with van der Waals surface area (Å²) in [6, 6.07) is 0. The van der Waals surface area contributed by atoms with E-state index >= 15 is 0 Å². The van der Waals surface area contributed by atoms with Gasteiger partial charge in [0.15, 0.2) is 0 Å². The number of aliphatic carboxylic acids is 2. The first kappa shape index (κ1) is 11.9. The maximum atomic E-state index is 10.8. The number of hydrogen-bond donors (Lipinski definition) is 2. The van der Waals surface area contributed by atoms with Crippen molar-refractivity contribution >= 4 is 11.9 Å². The molecule has 0 aromatic rings. The lowest BCUT2D eigenvalue weighted by atomic mass is 9.90.